The van der Waals surface area contributed by atoms with Crippen molar-refractivity contribution in [3.05, 3.63) is 17.7 Å². The van der Waals surface area contributed by atoms with E-state index in [1.807, 2.05) is 0 Å². The van der Waals surface area contributed by atoms with Gasteiger partial charge in [0.05, 0.1) is 12.0 Å². The molecule has 0 radical (unpaired) electrons. The number of methoxy groups -OCH3 is 1. The van der Waals surface area contributed by atoms with Gasteiger partial charge >= 0.3 is 0 Å². The van der Waals surface area contributed by atoms with Crippen LogP contribution >= 0.6 is 0 Å². The molecule has 0 atom stereocenters. The van der Waals surface area contributed by atoms with Crippen LogP contribution in [0.4, 0.5) is 0 Å². The van der Waals surface area contributed by atoms with Crippen LogP contribution in [0.25, 0.3) is 0 Å². The van der Waals surface area contributed by atoms with E-state index in [4.69, 9.17) is 15.0 Å². The number of benzene rings is 1. The van der Waals surface area contributed by atoms with Crippen LogP contribution in [0.15, 0.2) is 21.9 Å². The van der Waals surface area contributed by atoms with Crippen LogP contribution in [0.5, 0.6) is 5.75 Å². The molecule has 8 nitrogen and oxygen atoms in total. The molecule has 0 aliphatic heterocycles. The van der Waals surface area contributed by atoms with Crippen LogP contribution in [0.1, 0.15) is 5.56 Å². The van der Waals surface area contributed by atoms with Crippen molar-refractivity contribution >= 4 is 20.2 Å². The first-order valence-electron chi connectivity index (χ1n) is 4.97. The van der Waals surface area contributed by atoms with Crippen LogP contribution < -0.4 is 10.5 Å². The molecule has 0 aliphatic rings. The Balaban J connectivity index is 3.84. The van der Waals surface area contributed by atoms with Gasteiger partial charge in [0.1, 0.15) is 10.6 Å². The van der Waals surface area contributed by atoms with E-state index in [0.717, 1.165) is 19.2 Å². The topological polar surface area (TPSA) is 144 Å². The van der Waals surface area contributed by atoms with Gasteiger partial charge in [0.15, 0.2) is 0 Å². The first kappa shape index (κ1) is 15.9. The van der Waals surface area contributed by atoms with Crippen LogP contribution in [-0.2, 0) is 26.7 Å². The zero-order chi connectivity index (χ0) is 14.8. The van der Waals surface area contributed by atoms with E-state index in [9.17, 15) is 21.4 Å². The molecule has 1 rings (SSSR count). The molecule has 0 aromatic heterocycles. The SMILES string of the molecule is COc1ccc(S(=O)(=O)O)c(CCN)c1S(=O)(=O)O. The fourth-order valence-electron chi connectivity index (χ4n) is 1.65. The molecule has 0 unspecified atom stereocenters. The van der Waals surface area contributed by atoms with Gasteiger partial charge in [-0.1, -0.05) is 0 Å². The third kappa shape index (κ3) is 3.42. The summed E-state index contributed by atoms with van der Waals surface area (Å²) in [5, 5.41) is 0. The minimum absolute atomic E-state index is 0.0851. The molecule has 0 aliphatic carbocycles. The maximum Gasteiger partial charge on any atom is 0.298 e. The first-order chi connectivity index (χ1) is 8.62. The van der Waals surface area contributed by atoms with E-state index in [-0.39, 0.29) is 24.3 Å². The van der Waals surface area contributed by atoms with Gasteiger partial charge in [0.2, 0.25) is 0 Å². The molecule has 0 saturated heterocycles. The standard InChI is InChI=1S/C9H13NO7S2/c1-17-7-2-3-8(18(11,12)13)6(4-5-10)9(7)19(14,15)16/h2-3H,4-5,10H2,1H3,(H,11,12,13)(H,14,15,16). The highest BCUT2D eigenvalue weighted by Gasteiger charge is 2.27. The predicted molar refractivity (Wildman–Crippen MR) is 65.4 cm³/mol. The van der Waals surface area contributed by atoms with Crippen molar-refractivity contribution in [1.29, 1.82) is 0 Å². The number of hydrogen-bond acceptors (Lipinski definition) is 6. The maximum absolute atomic E-state index is 11.3. The number of ether oxygens (including phenoxy) is 1. The molecule has 0 spiro atoms. The quantitative estimate of drug-likeness (QED) is 0.628. The summed E-state index contributed by atoms with van der Waals surface area (Å²) in [6.07, 6.45) is -0.179. The fraction of sp³-hybridized carbons (Fsp3) is 0.333. The van der Waals surface area contributed by atoms with Gasteiger partial charge < -0.3 is 10.5 Å². The number of hydrogen-bond donors (Lipinski definition) is 3. The van der Waals surface area contributed by atoms with Crippen LogP contribution in [-0.4, -0.2) is 39.6 Å². The second-order valence-electron chi connectivity index (χ2n) is 3.56. The zero-order valence-electron chi connectivity index (χ0n) is 9.90. The fourth-order valence-corrected chi connectivity index (χ4v) is 3.40. The maximum atomic E-state index is 11.3. The highest BCUT2D eigenvalue weighted by Crippen LogP contribution is 2.32. The summed E-state index contributed by atoms with van der Waals surface area (Å²) < 4.78 is 68.1. The van der Waals surface area contributed by atoms with E-state index in [1.165, 1.54) is 0 Å². The Morgan fingerprint density at radius 3 is 2.11 bits per heavy atom. The summed E-state index contributed by atoms with van der Waals surface area (Å²) in [5.41, 5.74) is 4.97. The molecule has 0 fully saturated rings. The van der Waals surface area contributed by atoms with Crippen LogP contribution in [0.3, 0.4) is 0 Å². The largest absolute Gasteiger partial charge is 0.495 e. The minimum atomic E-state index is -4.74. The molecule has 1 aromatic carbocycles. The highest BCUT2D eigenvalue weighted by atomic mass is 32.2. The van der Waals surface area contributed by atoms with E-state index < -0.39 is 30.0 Å². The minimum Gasteiger partial charge on any atom is -0.495 e. The second kappa shape index (κ2) is 5.43. The summed E-state index contributed by atoms with van der Waals surface area (Å²) in [4.78, 5) is -1.35. The molecule has 0 saturated carbocycles. The average molecular weight is 311 g/mol. The summed E-state index contributed by atoms with van der Waals surface area (Å²) in [7, 11) is -8.23. The zero-order valence-corrected chi connectivity index (χ0v) is 11.5. The molecule has 0 bridgehead atoms. The van der Waals surface area contributed by atoms with E-state index in [1.54, 1.807) is 0 Å². The normalized spacial score (nSPS) is 12.4. The van der Waals surface area contributed by atoms with Crippen molar-refractivity contribution in [3.8, 4) is 5.75 Å². The molecule has 0 heterocycles. The number of rotatable bonds is 5. The van der Waals surface area contributed by atoms with Crippen molar-refractivity contribution in [2.45, 2.75) is 16.2 Å². The van der Waals surface area contributed by atoms with E-state index in [0.29, 0.717) is 0 Å². The summed E-state index contributed by atoms with van der Waals surface area (Å²) in [6.45, 7) is -0.0851. The Hall–Kier alpha value is -1.20. The Labute approximate surface area is 110 Å². The van der Waals surface area contributed by atoms with Crippen molar-refractivity contribution in [1.82, 2.24) is 0 Å². The second-order valence-corrected chi connectivity index (χ2v) is 6.31. The number of nitrogens with two attached hydrogens (primary N) is 1. The molecular weight excluding hydrogens is 298 g/mol. The lowest BCUT2D eigenvalue weighted by Crippen LogP contribution is -2.15. The molecule has 1 aromatic rings. The van der Waals surface area contributed by atoms with Gasteiger partial charge in [-0.15, -0.1) is 0 Å². The van der Waals surface area contributed by atoms with Gasteiger partial charge in [0, 0.05) is 0 Å². The smallest absolute Gasteiger partial charge is 0.298 e. The third-order valence-electron chi connectivity index (χ3n) is 2.33. The van der Waals surface area contributed by atoms with E-state index in [2.05, 4.69) is 0 Å². The van der Waals surface area contributed by atoms with Crippen LogP contribution in [0, 0.1) is 0 Å². The lowest BCUT2D eigenvalue weighted by Gasteiger charge is -2.14. The Kier molecular flexibility index (Phi) is 4.53. The molecule has 4 N–H and O–H groups in total. The Morgan fingerprint density at radius 2 is 1.74 bits per heavy atom. The van der Waals surface area contributed by atoms with Crippen molar-refractivity contribution in [2.75, 3.05) is 13.7 Å². The molecule has 10 heteroatoms. The van der Waals surface area contributed by atoms with E-state index >= 15 is 0 Å². The van der Waals surface area contributed by atoms with Gasteiger partial charge in [-0.25, -0.2) is 0 Å². The lowest BCUT2D eigenvalue weighted by molar-refractivity contribution is 0.395. The Bertz CT molecular complexity index is 679. The van der Waals surface area contributed by atoms with Crippen LogP contribution in [0.2, 0.25) is 0 Å². The summed E-state index contributed by atoms with van der Waals surface area (Å²) in [6, 6.07) is 2.00. The van der Waals surface area contributed by atoms with Crippen molar-refractivity contribution < 1.29 is 30.7 Å². The van der Waals surface area contributed by atoms with Gasteiger partial charge in [0.25, 0.3) is 20.2 Å². The summed E-state index contributed by atoms with van der Waals surface area (Å²) in [5.74, 6) is -0.238. The molecule has 0 amide bonds. The molecule has 19 heavy (non-hydrogen) atoms. The van der Waals surface area contributed by atoms with Gasteiger partial charge in [-0.05, 0) is 30.7 Å². The van der Waals surface area contributed by atoms with Gasteiger partial charge in [-0.3, -0.25) is 9.11 Å². The third-order valence-corrected chi connectivity index (χ3v) is 4.23. The lowest BCUT2D eigenvalue weighted by atomic mass is 10.1. The van der Waals surface area contributed by atoms with Crippen molar-refractivity contribution in [2.24, 2.45) is 5.73 Å². The first-order valence-corrected chi connectivity index (χ1v) is 7.86. The predicted octanol–water partition coefficient (Wildman–Crippen LogP) is -0.310. The molecule has 108 valence electrons. The summed E-state index contributed by atoms with van der Waals surface area (Å²) >= 11 is 0. The highest BCUT2D eigenvalue weighted by molar-refractivity contribution is 7.86. The monoisotopic (exact) mass is 311 g/mol. The van der Waals surface area contributed by atoms with Gasteiger partial charge in [-0.2, -0.15) is 16.8 Å². The molecular formula is C9H13NO7S2. The average Bonchev–Trinajstić information content (AvgIpc) is 2.25. The Morgan fingerprint density at radius 1 is 1.16 bits per heavy atom. The van der Waals surface area contributed by atoms with Crippen molar-refractivity contribution in [3.63, 3.8) is 0 Å².